The average Bonchev–Trinajstić information content (AvgIpc) is 2.87. The van der Waals surface area contributed by atoms with Gasteiger partial charge in [0.1, 0.15) is 0 Å². The van der Waals surface area contributed by atoms with Crippen LogP contribution in [-0.2, 0) is 4.79 Å². The summed E-state index contributed by atoms with van der Waals surface area (Å²) in [5.74, 6) is -1.52. The Morgan fingerprint density at radius 3 is 2.47 bits per heavy atom. The van der Waals surface area contributed by atoms with Gasteiger partial charge in [-0.15, -0.1) is 11.8 Å². The zero-order valence-electron chi connectivity index (χ0n) is 10.5. The molecule has 1 aromatic rings. The molecular formula is C14H15NO3S. The Balaban J connectivity index is 1.94. The van der Waals surface area contributed by atoms with Gasteiger partial charge in [-0.1, -0.05) is 12.2 Å². The summed E-state index contributed by atoms with van der Waals surface area (Å²) >= 11 is 1.62. The maximum atomic E-state index is 12.0. The third-order valence-electron chi connectivity index (χ3n) is 3.07. The number of benzene rings is 1. The summed E-state index contributed by atoms with van der Waals surface area (Å²) in [7, 11) is 0. The highest BCUT2D eigenvalue weighted by molar-refractivity contribution is 7.98. The molecule has 100 valence electrons. The molecule has 2 N–H and O–H groups in total. The Hall–Kier alpha value is -1.75. The smallest absolute Gasteiger partial charge is 0.310 e. The molecule has 0 bridgehead atoms. The standard InChI is InChI=1S/C14H15NO3S/c1-19-12-6-3-9(4-7-12)13(16)15-11-5-2-10(8-11)14(17)18/h2-7,10-11H,8H2,1H3,(H,15,16)(H,17,18). The van der Waals surface area contributed by atoms with Crippen molar-refractivity contribution >= 4 is 23.6 Å². The Labute approximate surface area is 115 Å². The molecule has 1 amide bonds. The predicted octanol–water partition coefficient (Wildman–Crippen LogP) is 2.17. The molecular weight excluding hydrogens is 262 g/mol. The van der Waals surface area contributed by atoms with Crippen LogP contribution in [0.3, 0.4) is 0 Å². The largest absolute Gasteiger partial charge is 0.481 e. The SMILES string of the molecule is CSc1ccc(C(=O)NC2C=CC(C(=O)O)C2)cc1. The number of carbonyl (C=O) groups is 2. The van der Waals surface area contributed by atoms with Crippen LogP contribution >= 0.6 is 11.8 Å². The fourth-order valence-corrected chi connectivity index (χ4v) is 2.39. The molecule has 1 aromatic carbocycles. The van der Waals surface area contributed by atoms with Gasteiger partial charge in [0.25, 0.3) is 5.91 Å². The Bertz CT molecular complexity index is 510. The maximum Gasteiger partial charge on any atom is 0.310 e. The van der Waals surface area contributed by atoms with Crippen LogP contribution in [0.1, 0.15) is 16.8 Å². The molecule has 0 fully saturated rings. The topological polar surface area (TPSA) is 66.4 Å². The van der Waals surface area contributed by atoms with Gasteiger partial charge in [0, 0.05) is 16.5 Å². The zero-order valence-corrected chi connectivity index (χ0v) is 11.3. The van der Waals surface area contributed by atoms with Crippen molar-refractivity contribution in [3.05, 3.63) is 42.0 Å². The lowest BCUT2D eigenvalue weighted by atomic mass is 10.1. The summed E-state index contributed by atoms with van der Waals surface area (Å²) in [5.41, 5.74) is 0.588. The van der Waals surface area contributed by atoms with Crippen molar-refractivity contribution in [3.63, 3.8) is 0 Å². The van der Waals surface area contributed by atoms with E-state index in [0.717, 1.165) is 4.90 Å². The fraction of sp³-hybridized carbons (Fsp3) is 0.286. The molecule has 1 aliphatic rings. The summed E-state index contributed by atoms with van der Waals surface area (Å²) in [4.78, 5) is 23.9. The number of aliphatic carboxylic acids is 1. The van der Waals surface area contributed by atoms with E-state index in [0.29, 0.717) is 12.0 Å². The van der Waals surface area contributed by atoms with E-state index in [1.165, 1.54) is 0 Å². The third-order valence-corrected chi connectivity index (χ3v) is 3.81. The molecule has 2 unspecified atom stereocenters. The lowest BCUT2D eigenvalue weighted by Crippen LogP contribution is -2.33. The molecule has 5 heteroatoms. The first-order chi connectivity index (χ1) is 9.10. The highest BCUT2D eigenvalue weighted by Crippen LogP contribution is 2.19. The van der Waals surface area contributed by atoms with Crippen molar-refractivity contribution in [3.8, 4) is 0 Å². The van der Waals surface area contributed by atoms with Crippen LogP contribution in [-0.4, -0.2) is 29.3 Å². The quantitative estimate of drug-likeness (QED) is 0.654. The highest BCUT2D eigenvalue weighted by Gasteiger charge is 2.25. The number of hydrogen-bond donors (Lipinski definition) is 2. The number of thioether (sulfide) groups is 1. The Kier molecular flexibility index (Phi) is 4.27. The molecule has 0 spiro atoms. The Morgan fingerprint density at radius 1 is 1.26 bits per heavy atom. The fourth-order valence-electron chi connectivity index (χ4n) is 1.98. The number of carboxylic acid groups (broad SMARTS) is 1. The first kappa shape index (κ1) is 13.7. The molecule has 19 heavy (non-hydrogen) atoms. The van der Waals surface area contributed by atoms with Crippen LogP contribution in [0, 0.1) is 5.92 Å². The number of carboxylic acids is 1. The van der Waals surface area contributed by atoms with E-state index in [1.54, 1.807) is 36.0 Å². The van der Waals surface area contributed by atoms with Gasteiger partial charge in [-0.25, -0.2) is 0 Å². The minimum absolute atomic E-state index is 0.173. The number of rotatable bonds is 4. The monoisotopic (exact) mass is 277 g/mol. The first-order valence-electron chi connectivity index (χ1n) is 5.96. The zero-order chi connectivity index (χ0) is 13.8. The average molecular weight is 277 g/mol. The van der Waals surface area contributed by atoms with Gasteiger partial charge in [-0.05, 0) is 36.9 Å². The number of carbonyl (C=O) groups excluding carboxylic acids is 1. The molecule has 0 radical (unpaired) electrons. The molecule has 0 aliphatic heterocycles. The van der Waals surface area contributed by atoms with Crippen LogP contribution in [0.4, 0.5) is 0 Å². The van der Waals surface area contributed by atoms with Gasteiger partial charge >= 0.3 is 5.97 Å². The minimum Gasteiger partial charge on any atom is -0.481 e. The van der Waals surface area contributed by atoms with Gasteiger partial charge in [0.05, 0.1) is 5.92 Å². The van der Waals surface area contributed by atoms with Crippen LogP contribution < -0.4 is 5.32 Å². The molecule has 2 rings (SSSR count). The van der Waals surface area contributed by atoms with Crippen molar-refractivity contribution in [2.24, 2.45) is 5.92 Å². The summed E-state index contributed by atoms with van der Waals surface area (Å²) in [5, 5.41) is 11.7. The lowest BCUT2D eigenvalue weighted by Gasteiger charge is -2.12. The van der Waals surface area contributed by atoms with Gasteiger partial charge in [0.2, 0.25) is 0 Å². The number of amides is 1. The molecule has 2 atom stereocenters. The highest BCUT2D eigenvalue weighted by atomic mass is 32.2. The van der Waals surface area contributed by atoms with Crippen molar-refractivity contribution in [1.29, 1.82) is 0 Å². The van der Waals surface area contributed by atoms with Crippen LogP contribution in [0.2, 0.25) is 0 Å². The number of hydrogen-bond acceptors (Lipinski definition) is 3. The van der Waals surface area contributed by atoms with Crippen molar-refractivity contribution in [2.75, 3.05) is 6.26 Å². The summed E-state index contributed by atoms with van der Waals surface area (Å²) < 4.78 is 0. The third kappa shape index (κ3) is 3.38. The van der Waals surface area contributed by atoms with Gasteiger partial charge in [-0.3, -0.25) is 9.59 Å². The summed E-state index contributed by atoms with van der Waals surface area (Å²) in [6, 6.07) is 7.13. The van der Waals surface area contributed by atoms with Gasteiger partial charge in [0.15, 0.2) is 0 Å². The second-order valence-corrected chi connectivity index (χ2v) is 5.25. The molecule has 0 heterocycles. The van der Waals surface area contributed by atoms with E-state index < -0.39 is 11.9 Å². The molecule has 1 aliphatic carbocycles. The minimum atomic E-state index is -0.850. The van der Waals surface area contributed by atoms with Crippen molar-refractivity contribution in [1.82, 2.24) is 5.32 Å². The number of nitrogens with one attached hydrogen (secondary N) is 1. The molecule has 0 saturated carbocycles. The van der Waals surface area contributed by atoms with Gasteiger partial charge in [-0.2, -0.15) is 0 Å². The van der Waals surface area contributed by atoms with E-state index in [4.69, 9.17) is 5.11 Å². The van der Waals surface area contributed by atoms with E-state index in [-0.39, 0.29) is 11.9 Å². The molecule has 0 aromatic heterocycles. The van der Waals surface area contributed by atoms with E-state index in [1.807, 2.05) is 18.4 Å². The maximum absolute atomic E-state index is 12.0. The Morgan fingerprint density at radius 2 is 1.95 bits per heavy atom. The van der Waals surface area contributed by atoms with E-state index in [9.17, 15) is 9.59 Å². The van der Waals surface area contributed by atoms with Gasteiger partial charge < -0.3 is 10.4 Å². The second kappa shape index (κ2) is 5.93. The molecule has 4 nitrogen and oxygen atoms in total. The van der Waals surface area contributed by atoms with Crippen molar-refractivity contribution < 1.29 is 14.7 Å². The molecule has 0 saturated heterocycles. The van der Waals surface area contributed by atoms with E-state index >= 15 is 0 Å². The first-order valence-corrected chi connectivity index (χ1v) is 7.18. The van der Waals surface area contributed by atoms with Crippen molar-refractivity contribution in [2.45, 2.75) is 17.4 Å². The summed E-state index contributed by atoms with van der Waals surface area (Å²) in [6.07, 6.45) is 5.77. The van der Waals surface area contributed by atoms with Crippen LogP contribution in [0.25, 0.3) is 0 Å². The van der Waals surface area contributed by atoms with Crippen LogP contribution in [0.5, 0.6) is 0 Å². The van der Waals surface area contributed by atoms with E-state index in [2.05, 4.69) is 5.32 Å². The lowest BCUT2D eigenvalue weighted by molar-refractivity contribution is -0.140. The van der Waals surface area contributed by atoms with Crippen LogP contribution in [0.15, 0.2) is 41.3 Å². The summed E-state index contributed by atoms with van der Waals surface area (Å²) in [6.45, 7) is 0. The normalized spacial score (nSPS) is 21.3. The predicted molar refractivity (Wildman–Crippen MR) is 74.4 cm³/mol. The second-order valence-electron chi connectivity index (χ2n) is 4.37.